The van der Waals surface area contributed by atoms with Gasteiger partial charge in [0.2, 0.25) is 0 Å². The van der Waals surface area contributed by atoms with E-state index < -0.39 is 0 Å². The van der Waals surface area contributed by atoms with Crippen LogP contribution in [-0.2, 0) is 0 Å². The first kappa shape index (κ1) is 11.0. The monoisotopic (exact) mass is 187 g/mol. The van der Waals surface area contributed by atoms with E-state index in [0.29, 0.717) is 23.9 Å². The number of aliphatic hydroxyl groups is 2. The van der Waals surface area contributed by atoms with Crippen LogP contribution in [0, 0.1) is 11.8 Å². The number of aliphatic hydroxyl groups excluding tert-OH is 2. The van der Waals surface area contributed by atoms with Crippen LogP contribution < -0.4 is 5.32 Å². The van der Waals surface area contributed by atoms with Crippen molar-refractivity contribution >= 4 is 0 Å². The van der Waals surface area contributed by atoms with Crippen molar-refractivity contribution in [2.24, 2.45) is 11.8 Å². The van der Waals surface area contributed by atoms with Gasteiger partial charge in [-0.3, -0.25) is 0 Å². The van der Waals surface area contributed by atoms with Crippen LogP contribution in [0.2, 0.25) is 0 Å². The molecule has 0 unspecified atom stereocenters. The first-order valence-electron chi connectivity index (χ1n) is 5.15. The van der Waals surface area contributed by atoms with Gasteiger partial charge in [-0.15, -0.1) is 0 Å². The third kappa shape index (κ3) is 2.93. The Balaban J connectivity index is 2.38. The van der Waals surface area contributed by atoms with Crippen LogP contribution in [0.15, 0.2) is 0 Å². The lowest BCUT2D eigenvalue weighted by atomic mass is 9.98. The van der Waals surface area contributed by atoms with Gasteiger partial charge in [-0.05, 0) is 24.7 Å². The second-order valence-corrected chi connectivity index (χ2v) is 4.38. The Labute approximate surface area is 80.2 Å². The Hall–Kier alpha value is -0.120. The first-order chi connectivity index (χ1) is 6.17. The van der Waals surface area contributed by atoms with Crippen molar-refractivity contribution in [3.63, 3.8) is 0 Å². The number of hydrogen-bond acceptors (Lipinski definition) is 3. The van der Waals surface area contributed by atoms with Gasteiger partial charge in [-0.2, -0.15) is 0 Å². The van der Waals surface area contributed by atoms with Gasteiger partial charge in [0.15, 0.2) is 0 Å². The van der Waals surface area contributed by atoms with Crippen LogP contribution in [0.4, 0.5) is 0 Å². The van der Waals surface area contributed by atoms with Crippen molar-refractivity contribution in [1.82, 2.24) is 5.32 Å². The van der Waals surface area contributed by atoms with Crippen molar-refractivity contribution in [2.75, 3.05) is 13.2 Å². The molecule has 1 aliphatic carbocycles. The SMILES string of the molecule is CC(C)N[C@H]1C[C@@H](CO)[C@@H](CO)C1. The molecule has 1 fully saturated rings. The average Bonchev–Trinajstić information content (AvgIpc) is 2.45. The highest BCUT2D eigenvalue weighted by Gasteiger charge is 2.33. The normalized spacial score (nSPS) is 34.4. The fourth-order valence-corrected chi connectivity index (χ4v) is 2.27. The summed E-state index contributed by atoms with van der Waals surface area (Å²) < 4.78 is 0. The molecule has 0 aromatic heterocycles. The number of hydrogen-bond donors (Lipinski definition) is 3. The van der Waals surface area contributed by atoms with E-state index in [2.05, 4.69) is 19.2 Å². The molecule has 0 aromatic carbocycles. The molecule has 13 heavy (non-hydrogen) atoms. The molecule has 0 saturated heterocycles. The van der Waals surface area contributed by atoms with Crippen LogP contribution >= 0.6 is 0 Å². The molecular weight excluding hydrogens is 166 g/mol. The van der Waals surface area contributed by atoms with Crippen molar-refractivity contribution in [1.29, 1.82) is 0 Å². The Morgan fingerprint density at radius 3 is 1.92 bits per heavy atom. The summed E-state index contributed by atoms with van der Waals surface area (Å²) in [4.78, 5) is 0. The second-order valence-electron chi connectivity index (χ2n) is 4.38. The minimum Gasteiger partial charge on any atom is -0.396 e. The van der Waals surface area contributed by atoms with Crippen molar-refractivity contribution in [3.05, 3.63) is 0 Å². The largest absolute Gasteiger partial charge is 0.396 e. The van der Waals surface area contributed by atoms with E-state index in [0.717, 1.165) is 12.8 Å². The molecule has 3 atom stereocenters. The predicted octanol–water partition coefficient (Wildman–Crippen LogP) is 0.364. The maximum Gasteiger partial charge on any atom is 0.0463 e. The molecule has 1 aliphatic rings. The van der Waals surface area contributed by atoms with E-state index in [4.69, 9.17) is 10.2 Å². The molecule has 0 aliphatic heterocycles. The molecule has 1 saturated carbocycles. The molecule has 0 radical (unpaired) electrons. The van der Waals surface area contributed by atoms with E-state index in [-0.39, 0.29) is 13.2 Å². The van der Waals surface area contributed by atoms with E-state index in [1.807, 2.05) is 0 Å². The molecule has 1 rings (SSSR count). The zero-order valence-electron chi connectivity index (χ0n) is 8.53. The summed E-state index contributed by atoms with van der Waals surface area (Å²) in [6.07, 6.45) is 2.00. The Morgan fingerprint density at radius 1 is 1.15 bits per heavy atom. The number of rotatable bonds is 4. The lowest BCUT2D eigenvalue weighted by molar-refractivity contribution is 0.141. The van der Waals surface area contributed by atoms with E-state index in [1.54, 1.807) is 0 Å². The highest BCUT2D eigenvalue weighted by atomic mass is 16.3. The summed E-state index contributed by atoms with van der Waals surface area (Å²) in [6.45, 7) is 4.67. The molecule has 0 heterocycles. The quantitative estimate of drug-likeness (QED) is 0.596. The lowest BCUT2D eigenvalue weighted by Gasteiger charge is -2.15. The minimum atomic E-state index is 0.210. The van der Waals surface area contributed by atoms with Gasteiger partial charge >= 0.3 is 0 Å². The Morgan fingerprint density at radius 2 is 1.62 bits per heavy atom. The van der Waals surface area contributed by atoms with Gasteiger partial charge in [0, 0.05) is 25.3 Å². The topological polar surface area (TPSA) is 52.5 Å². The number of nitrogens with one attached hydrogen (secondary N) is 1. The van der Waals surface area contributed by atoms with Gasteiger partial charge in [-0.25, -0.2) is 0 Å². The third-order valence-electron chi connectivity index (χ3n) is 2.88. The van der Waals surface area contributed by atoms with Gasteiger partial charge < -0.3 is 15.5 Å². The molecule has 0 amide bonds. The Kier molecular flexibility index (Phi) is 4.16. The zero-order valence-corrected chi connectivity index (χ0v) is 8.53. The molecule has 3 heteroatoms. The van der Waals surface area contributed by atoms with E-state index in [9.17, 15) is 0 Å². The van der Waals surface area contributed by atoms with Gasteiger partial charge in [0.1, 0.15) is 0 Å². The lowest BCUT2D eigenvalue weighted by Crippen LogP contribution is -2.33. The predicted molar refractivity (Wildman–Crippen MR) is 52.4 cm³/mol. The minimum absolute atomic E-state index is 0.210. The van der Waals surface area contributed by atoms with Crippen LogP contribution in [0.1, 0.15) is 26.7 Å². The standard InChI is InChI=1S/C10H21NO2/c1-7(2)11-10-3-8(5-12)9(4-10)6-13/h7-13H,3-6H2,1-2H3/t8-,9+,10-. The molecule has 0 spiro atoms. The van der Waals surface area contributed by atoms with E-state index in [1.165, 1.54) is 0 Å². The molecule has 0 bridgehead atoms. The van der Waals surface area contributed by atoms with E-state index >= 15 is 0 Å². The molecular formula is C10H21NO2. The van der Waals surface area contributed by atoms with Crippen LogP contribution in [0.25, 0.3) is 0 Å². The first-order valence-corrected chi connectivity index (χ1v) is 5.15. The summed E-state index contributed by atoms with van der Waals surface area (Å²) in [5.74, 6) is 0.586. The fourth-order valence-electron chi connectivity index (χ4n) is 2.27. The summed E-state index contributed by atoms with van der Waals surface area (Å²) in [5, 5.41) is 21.6. The van der Waals surface area contributed by atoms with Crippen molar-refractivity contribution in [2.45, 2.75) is 38.8 Å². The third-order valence-corrected chi connectivity index (χ3v) is 2.88. The van der Waals surface area contributed by atoms with Crippen LogP contribution in [0.3, 0.4) is 0 Å². The average molecular weight is 187 g/mol. The summed E-state index contributed by atoms with van der Waals surface area (Å²) in [7, 11) is 0. The van der Waals surface area contributed by atoms with Crippen LogP contribution in [0.5, 0.6) is 0 Å². The van der Waals surface area contributed by atoms with Gasteiger partial charge in [0.05, 0.1) is 0 Å². The molecule has 78 valence electrons. The highest BCUT2D eigenvalue weighted by Crippen LogP contribution is 2.31. The van der Waals surface area contributed by atoms with Crippen molar-refractivity contribution < 1.29 is 10.2 Å². The van der Waals surface area contributed by atoms with Crippen LogP contribution in [-0.4, -0.2) is 35.5 Å². The molecule has 3 N–H and O–H groups in total. The Bertz CT molecular complexity index is 138. The molecule has 0 aromatic rings. The maximum atomic E-state index is 9.08. The summed E-state index contributed by atoms with van der Waals surface area (Å²) in [6, 6.07) is 0.969. The zero-order chi connectivity index (χ0) is 9.84. The molecule has 3 nitrogen and oxygen atoms in total. The fraction of sp³-hybridized carbons (Fsp3) is 1.00. The smallest absolute Gasteiger partial charge is 0.0463 e. The summed E-state index contributed by atoms with van der Waals surface area (Å²) in [5.41, 5.74) is 0. The highest BCUT2D eigenvalue weighted by molar-refractivity contribution is 4.87. The van der Waals surface area contributed by atoms with Gasteiger partial charge in [-0.1, -0.05) is 13.8 Å². The summed E-state index contributed by atoms with van der Waals surface area (Å²) >= 11 is 0. The maximum absolute atomic E-state index is 9.08. The van der Waals surface area contributed by atoms with Gasteiger partial charge in [0.25, 0.3) is 0 Å². The van der Waals surface area contributed by atoms with Crippen molar-refractivity contribution in [3.8, 4) is 0 Å². The second kappa shape index (κ2) is 4.94.